The number of benzene rings is 1. The number of hydrogen-bond acceptors (Lipinski definition) is 3. The van der Waals surface area contributed by atoms with Crippen molar-refractivity contribution in [1.82, 2.24) is 0 Å². The van der Waals surface area contributed by atoms with Crippen molar-refractivity contribution in [3.63, 3.8) is 0 Å². The van der Waals surface area contributed by atoms with Crippen molar-refractivity contribution in [2.24, 2.45) is 0 Å². The lowest BCUT2D eigenvalue weighted by atomic mass is 10.2. The normalized spacial score (nSPS) is 11.6. The largest absolute Gasteiger partial charge is 0.468 e. The summed E-state index contributed by atoms with van der Waals surface area (Å²) in [6, 6.07) is 7.56. The van der Waals surface area contributed by atoms with Crippen molar-refractivity contribution in [3.8, 4) is 0 Å². The second kappa shape index (κ2) is 5.61. The van der Waals surface area contributed by atoms with E-state index in [1.165, 1.54) is 12.3 Å². The molecule has 0 saturated carbocycles. The third kappa shape index (κ3) is 3.26. The Balaban J connectivity index is 2.30. The second-order valence-electron chi connectivity index (χ2n) is 3.80. The highest BCUT2D eigenvalue weighted by Crippen LogP contribution is 2.41. The van der Waals surface area contributed by atoms with E-state index >= 15 is 0 Å². The van der Waals surface area contributed by atoms with Gasteiger partial charge in [-0.2, -0.15) is 13.2 Å². The van der Waals surface area contributed by atoms with Crippen molar-refractivity contribution < 1.29 is 17.6 Å². The van der Waals surface area contributed by atoms with Crippen LogP contribution in [0.4, 0.5) is 18.9 Å². The van der Waals surface area contributed by atoms with Gasteiger partial charge in [0.05, 0.1) is 17.6 Å². The first-order valence-electron chi connectivity index (χ1n) is 5.55. The molecule has 0 unspecified atom stereocenters. The van der Waals surface area contributed by atoms with Crippen molar-refractivity contribution in [2.45, 2.75) is 16.8 Å². The summed E-state index contributed by atoms with van der Waals surface area (Å²) in [5, 5.41) is 2.79. The highest BCUT2D eigenvalue weighted by atomic mass is 32.2. The Morgan fingerprint density at radius 3 is 2.58 bits per heavy atom. The molecule has 102 valence electrons. The third-order valence-corrected chi connectivity index (χ3v) is 3.69. The third-order valence-electron chi connectivity index (χ3n) is 2.53. The molecule has 2 nitrogen and oxygen atoms in total. The van der Waals surface area contributed by atoms with E-state index in [9.17, 15) is 13.2 Å². The number of halogens is 3. The predicted molar refractivity (Wildman–Crippen MR) is 69.3 cm³/mol. The summed E-state index contributed by atoms with van der Waals surface area (Å²) >= 11 is 1.11. The molecular formula is C13H12F3NOS. The quantitative estimate of drug-likeness (QED) is 0.830. The van der Waals surface area contributed by atoms with Crippen LogP contribution in [0, 0.1) is 0 Å². The van der Waals surface area contributed by atoms with E-state index in [0.717, 1.165) is 17.8 Å². The number of anilines is 1. The Kier molecular flexibility index (Phi) is 4.09. The van der Waals surface area contributed by atoms with Gasteiger partial charge >= 0.3 is 6.18 Å². The number of furan rings is 1. The molecule has 0 atom stereocenters. The Labute approximate surface area is 113 Å². The molecule has 2 aromatic rings. The monoisotopic (exact) mass is 287 g/mol. The topological polar surface area (TPSA) is 25.2 Å². The van der Waals surface area contributed by atoms with Gasteiger partial charge in [-0.3, -0.25) is 0 Å². The minimum absolute atomic E-state index is 0.189. The van der Waals surface area contributed by atoms with Crippen molar-refractivity contribution >= 4 is 17.4 Å². The van der Waals surface area contributed by atoms with E-state index in [1.807, 2.05) is 0 Å². The number of alkyl halides is 3. The predicted octanol–water partition coefficient (Wildman–Crippen LogP) is 4.63. The fraction of sp³-hybridized carbons (Fsp3) is 0.231. The van der Waals surface area contributed by atoms with Crippen LogP contribution in [0.25, 0.3) is 0 Å². The van der Waals surface area contributed by atoms with Crippen LogP contribution < -0.4 is 5.32 Å². The average molecular weight is 287 g/mol. The molecule has 0 aliphatic heterocycles. The zero-order chi connectivity index (χ0) is 13.9. The van der Waals surface area contributed by atoms with E-state index in [2.05, 4.69) is 5.32 Å². The zero-order valence-electron chi connectivity index (χ0n) is 10.1. The first-order valence-corrected chi connectivity index (χ1v) is 6.54. The van der Waals surface area contributed by atoms with Gasteiger partial charge in [-0.05, 0) is 24.3 Å². The van der Waals surface area contributed by atoms with Gasteiger partial charge in [0.25, 0.3) is 0 Å². The average Bonchev–Trinajstić information content (AvgIpc) is 2.87. The highest BCUT2D eigenvalue weighted by Gasteiger charge is 2.34. The molecule has 0 aliphatic rings. The molecule has 1 heterocycles. The molecule has 6 heteroatoms. The van der Waals surface area contributed by atoms with Gasteiger partial charge in [-0.15, -0.1) is 11.8 Å². The van der Waals surface area contributed by atoms with Gasteiger partial charge < -0.3 is 9.73 Å². The van der Waals surface area contributed by atoms with Crippen molar-refractivity contribution in [2.75, 3.05) is 12.4 Å². The first-order chi connectivity index (χ1) is 9.02. The number of hydrogen-bond donors (Lipinski definition) is 1. The molecule has 1 aromatic carbocycles. The molecule has 0 radical (unpaired) electrons. The molecule has 0 fully saturated rings. The van der Waals surface area contributed by atoms with Crippen molar-refractivity contribution in [1.29, 1.82) is 0 Å². The maximum Gasteiger partial charge on any atom is 0.417 e. The second-order valence-corrected chi connectivity index (χ2v) is 4.78. The Morgan fingerprint density at radius 2 is 2.00 bits per heavy atom. The van der Waals surface area contributed by atoms with Crippen LogP contribution in [0.5, 0.6) is 0 Å². The maximum atomic E-state index is 13.0. The Morgan fingerprint density at radius 1 is 1.21 bits per heavy atom. The van der Waals surface area contributed by atoms with E-state index in [4.69, 9.17) is 4.42 Å². The van der Waals surface area contributed by atoms with E-state index < -0.39 is 11.7 Å². The minimum atomic E-state index is -4.36. The molecule has 19 heavy (non-hydrogen) atoms. The molecule has 1 aromatic heterocycles. The lowest BCUT2D eigenvalue weighted by Gasteiger charge is -2.15. The van der Waals surface area contributed by atoms with E-state index in [-0.39, 0.29) is 4.90 Å². The number of rotatable bonds is 4. The summed E-state index contributed by atoms with van der Waals surface area (Å²) in [6.45, 7) is 0. The van der Waals surface area contributed by atoms with Crippen LogP contribution in [0.3, 0.4) is 0 Å². The summed E-state index contributed by atoms with van der Waals surface area (Å²) in [6.07, 6.45) is -2.86. The molecule has 2 rings (SSSR count). The fourth-order valence-corrected chi connectivity index (χ4v) is 2.77. The summed E-state index contributed by atoms with van der Waals surface area (Å²) < 4.78 is 44.0. The fourth-order valence-electron chi connectivity index (χ4n) is 1.65. The molecule has 1 N–H and O–H groups in total. The van der Waals surface area contributed by atoms with Gasteiger partial charge in [-0.1, -0.05) is 6.07 Å². The van der Waals surface area contributed by atoms with E-state index in [1.54, 1.807) is 25.2 Å². The Hall–Kier alpha value is -1.56. The van der Waals surface area contributed by atoms with Gasteiger partial charge in [0.2, 0.25) is 0 Å². The summed E-state index contributed by atoms with van der Waals surface area (Å²) in [4.78, 5) is 0.189. The zero-order valence-corrected chi connectivity index (χ0v) is 10.9. The molecule has 0 amide bonds. The van der Waals surface area contributed by atoms with Crippen LogP contribution in [0.2, 0.25) is 0 Å². The number of thioether (sulfide) groups is 1. The van der Waals surface area contributed by atoms with Crippen molar-refractivity contribution in [3.05, 3.63) is 47.9 Å². The lowest BCUT2D eigenvalue weighted by molar-refractivity contribution is -0.139. The molecule has 0 saturated heterocycles. The summed E-state index contributed by atoms with van der Waals surface area (Å²) in [7, 11) is 1.60. The molecule has 0 bridgehead atoms. The van der Waals surface area contributed by atoms with Crippen LogP contribution in [-0.2, 0) is 11.9 Å². The van der Waals surface area contributed by atoms with Crippen LogP contribution in [-0.4, -0.2) is 7.05 Å². The van der Waals surface area contributed by atoms with E-state index in [0.29, 0.717) is 17.2 Å². The van der Waals surface area contributed by atoms with Gasteiger partial charge in [0.15, 0.2) is 0 Å². The lowest BCUT2D eigenvalue weighted by Crippen LogP contribution is -2.08. The highest BCUT2D eigenvalue weighted by molar-refractivity contribution is 7.98. The van der Waals surface area contributed by atoms with Gasteiger partial charge in [0, 0.05) is 17.6 Å². The minimum Gasteiger partial charge on any atom is -0.468 e. The number of nitrogens with one attached hydrogen (secondary N) is 1. The molecule has 0 spiro atoms. The summed E-state index contributed by atoms with van der Waals surface area (Å²) in [5.41, 5.74) is -0.165. The standard InChI is InChI=1S/C13H12F3NOS/c1-17-11-6-2-5-10(13(14,15)16)12(11)19-8-9-4-3-7-18-9/h2-7,17H,8H2,1H3. The van der Waals surface area contributed by atoms with Crippen LogP contribution >= 0.6 is 11.8 Å². The molecule has 0 aliphatic carbocycles. The van der Waals surface area contributed by atoms with Gasteiger partial charge in [-0.25, -0.2) is 0 Å². The van der Waals surface area contributed by atoms with Crippen LogP contribution in [0.1, 0.15) is 11.3 Å². The summed E-state index contributed by atoms with van der Waals surface area (Å²) in [5.74, 6) is 0.999. The molecular weight excluding hydrogens is 275 g/mol. The first kappa shape index (κ1) is 13.9. The smallest absolute Gasteiger partial charge is 0.417 e. The Bertz CT molecular complexity index is 537. The SMILES string of the molecule is CNc1cccc(C(F)(F)F)c1SCc1ccco1. The van der Waals surface area contributed by atoms with Crippen LogP contribution in [0.15, 0.2) is 45.9 Å². The van der Waals surface area contributed by atoms with Gasteiger partial charge in [0.1, 0.15) is 5.76 Å². The maximum absolute atomic E-state index is 13.0.